The van der Waals surface area contributed by atoms with Crippen LogP contribution in [0.1, 0.15) is 5.56 Å². The van der Waals surface area contributed by atoms with Gasteiger partial charge in [0.15, 0.2) is 11.2 Å². The maximum absolute atomic E-state index is 11.9. The van der Waals surface area contributed by atoms with Crippen molar-refractivity contribution in [3.05, 3.63) is 58.9 Å². The molecule has 4 rings (SSSR count). The van der Waals surface area contributed by atoms with E-state index in [1.165, 1.54) is 0 Å². The monoisotopic (exact) mass is 322 g/mol. The van der Waals surface area contributed by atoms with Crippen molar-refractivity contribution in [2.75, 3.05) is 11.5 Å². The van der Waals surface area contributed by atoms with Crippen LogP contribution in [0.25, 0.3) is 16.9 Å². The number of benzene rings is 1. The maximum atomic E-state index is 11.9. The molecule has 1 aromatic carbocycles. The lowest BCUT2D eigenvalue weighted by Gasteiger charge is -2.08. The molecule has 9 nitrogen and oxygen atoms in total. The first kappa shape index (κ1) is 14.0. The van der Waals surface area contributed by atoms with Crippen molar-refractivity contribution in [2.24, 2.45) is 0 Å². The van der Waals surface area contributed by atoms with E-state index >= 15 is 0 Å². The summed E-state index contributed by atoms with van der Waals surface area (Å²) in [6.07, 6.45) is 5.32. The zero-order valence-corrected chi connectivity index (χ0v) is 12.5. The average molecular weight is 322 g/mol. The average Bonchev–Trinajstić information content (AvgIpc) is 3.19. The van der Waals surface area contributed by atoms with Crippen LogP contribution in [0.3, 0.4) is 0 Å². The number of hydrogen-bond donors (Lipinski definition) is 3. The Bertz CT molecular complexity index is 1060. The van der Waals surface area contributed by atoms with E-state index in [1.807, 2.05) is 35.0 Å². The molecule has 0 saturated carbocycles. The Morgan fingerprint density at radius 3 is 2.62 bits per heavy atom. The topological polar surface area (TPSA) is 133 Å². The fourth-order valence-electron chi connectivity index (χ4n) is 2.57. The highest BCUT2D eigenvalue weighted by Crippen LogP contribution is 2.17. The summed E-state index contributed by atoms with van der Waals surface area (Å²) in [7, 11) is 0. The van der Waals surface area contributed by atoms with Crippen LogP contribution in [-0.2, 0) is 6.54 Å². The number of aromatic nitrogens is 6. The molecule has 0 bridgehead atoms. The zero-order chi connectivity index (χ0) is 16.7. The first-order valence-electron chi connectivity index (χ1n) is 7.20. The van der Waals surface area contributed by atoms with Gasteiger partial charge in [-0.3, -0.25) is 14.3 Å². The highest BCUT2D eigenvalue weighted by molar-refractivity contribution is 5.74. The fraction of sp³-hybridized carbons (Fsp3) is 0.0667. The second-order valence-electron chi connectivity index (χ2n) is 5.32. The van der Waals surface area contributed by atoms with E-state index in [2.05, 4.69) is 19.9 Å². The molecule has 0 aliphatic rings. The summed E-state index contributed by atoms with van der Waals surface area (Å²) in [6, 6.07) is 7.89. The number of anilines is 2. The third-order valence-electron chi connectivity index (χ3n) is 3.73. The van der Waals surface area contributed by atoms with Crippen molar-refractivity contribution in [3.8, 4) is 5.69 Å². The summed E-state index contributed by atoms with van der Waals surface area (Å²) in [5, 5.41) is 0. The molecule has 120 valence electrons. The largest absolute Gasteiger partial charge is 0.369 e. The quantitative estimate of drug-likeness (QED) is 0.503. The number of nitrogen functional groups attached to an aromatic ring is 2. The van der Waals surface area contributed by atoms with Crippen LogP contribution in [0.5, 0.6) is 0 Å². The SMILES string of the molecule is Nc1nc2c(nc(N)n2Cc2ccc(-n3ccnc3)cc2)c(=O)[nH]1. The first-order chi connectivity index (χ1) is 11.6. The van der Waals surface area contributed by atoms with Crippen molar-refractivity contribution < 1.29 is 0 Å². The number of nitrogens with zero attached hydrogens (tertiary/aromatic N) is 5. The second kappa shape index (κ2) is 5.23. The Hall–Kier alpha value is -3.62. The van der Waals surface area contributed by atoms with E-state index < -0.39 is 5.56 Å². The number of fused-ring (bicyclic) bond motifs is 1. The van der Waals surface area contributed by atoms with Gasteiger partial charge in [0.05, 0.1) is 12.9 Å². The van der Waals surface area contributed by atoms with Crippen LogP contribution < -0.4 is 17.0 Å². The van der Waals surface area contributed by atoms with Gasteiger partial charge < -0.3 is 16.0 Å². The van der Waals surface area contributed by atoms with E-state index in [1.54, 1.807) is 17.1 Å². The fourth-order valence-corrected chi connectivity index (χ4v) is 2.57. The van der Waals surface area contributed by atoms with E-state index in [9.17, 15) is 4.79 Å². The molecular formula is C15H14N8O. The van der Waals surface area contributed by atoms with Crippen LogP contribution in [0.15, 0.2) is 47.8 Å². The Labute approximate surface area is 135 Å². The Morgan fingerprint density at radius 1 is 1.12 bits per heavy atom. The second-order valence-corrected chi connectivity index (χ2v) is 5.32. The van der Waals surface area contributed by atoms with Gasteiger partial charge in [-0.1, -0.05) is 12.1 Å². The van der Waals surface area contributed by atoms with Gasteiger partial charge in [-0.25, -0.2) is 9.97 Å². The number of aromatic amines is 1. The van der Waals surface area contributed by atoms with Crippen molar-refractivity contribution in [1.82, 2.24) is 29.1 Å². The van der Waals surface area contributed by atoms with Gasteiger partial charge in [0.2, 0.25) is 11.9 Å². The number of nitrogens with two attached hydrogens (primary N) is 2. The number of H-pyrrole nitrogens is 1. The summed E-state index contributed by atoms with van der Waals surface area (Å²) in [6.45, 7) is 0.433. The molecule has 4 aromatic rings. The molecule has 0 saturated heterocycles. The minimum absolute atomic E-state index is 0.0316. The minimum atomic E-state index is -0.404. The predicted octanol–water partition coefficient (Wildman–Crippen LogP) is 0.518. The molecule has 0 radical (unpaired) electrons. The van der Waals surface area contributed by atoms with Crippen LogP contribution >= 0.6 is 0 Å². The molecule has 9 heteroatoms. The molecule has 0 atom stereocenters. The molecule has 3 aromatic heterocycles. The van der Waals surface area contributed by atoms with Gasteiger partial charge in [0.25, 0.3) is 5.56 Å². The zero-order valence-electron chi connectivity index (χ0n) is 12.5. The van der Waals surface area contributed by atoms with Gasteiger partial charge in [-0.15, -0.1) is 0 Å². The molecule has 0 aliphatic heterocycles. The predicted molar refractivity (Wildman–Crippen MR) is 89.6 cm³/mol. The van der Waals surface area contributed by atoms with E-state index in [0.717, 1.165) is 11.3 Å². The van der Waals surface area contributed by atoms with Gasteiger partial charge in [0, 0.05) is 18.1 Å². The van der Waals surface area contributed by atoms with Gasteiger partial charge in [0.1, 0.15) is 0 Å². The summed E-state index contributed by atoms with van der Waals surface area (Å²) in [4.78, 5) is 26.5. The lowest BCUT2D eigenvalue weighted by Crippen LogP contribution is -2.12. The Kier molecular flexibility index (Phi) is 3.05. The van der Waals surface area contributed by atoms with E-state index in [0.29, 0.717) is 12.2 Å². The van der Waals surface area contributed by atoms with Gasteiger partial charge in [-0.05, 0) is 17.7 Å². The van der Waals surface area contributed by atoms with Crippen LogP contribution in [0.2, 0.25) is 0 Å². The number of hydrogen-bond acceptors (Lipinski definition) is 6. The van der Waals surface area contributed by atoms with Gasteiger partial charge >= 0.3 is 0 Å². The van der Waals surface area contributed by atoms with Crippen LogP contribution in [0.4, 0.5) is 11.9 Å². The highest BCUT2D eigenvalue weighted by Gasteiger charge is 2.14. The molecule has 0 unspecified atom stereocenters. The van der Waals surface area contributed by atoms with Crippen molar-refractivity contribution in [2.45, 2.75) is 6.54 Å². The van der Waals surface area contributed by atoms with Crippen LogP contribution in [-0.4, -0.2) is 29.1 Å². The number of rotatable bonds is 3. The summed E-state index contributed by atoms with van der Waals surface area (Å²) in [5.41, 5.74) is 13.7. The minimum Gasteiger partial charge on any atom is -0.369 e. The molecular weight excluding hydrogens is 308 g/mol. The Morgan fingerprint density at radius 2 is 1.92 bits per heavy atom. The summed E-state index contributed by atoms with van der Waals surface area (Å²) >= 11 is 0. The molecule has 0 spiro atoms. The van der Waals surface area contributed by atoms with E-state index in [4.69, 9.17) is 11.5 Å². The molecule has 24 heavy (non-hydrogen) atoms. The molecule has 3 heterocycles. The molecule has 0 aliphatic carbocycles. The Balaban J connectivity index is 1.72. The standard InChI is InChI=1S/C15H14N8O/c16-14-20-12-11(13(24)21-14)19-15(17)23(12)7-9-1-3-10(4-2-9)22-6-5-18-8-22/h1-6,8H,7H2,(H2,17,19)(H3,16,20,21,24). The van der Waals surface area contributed by atoms with Crippen LogP contribution in [0, 0.1) is 0 Å². The van der Waals surface area contributed by atoms with E-state index in [-0.39, 0.29) is 17.4 Å². The molecule has 0 fully saturated rings. The first-order valence-corrected chi connectivity index (χ1v) is 7.20. The summed E-state index contributed by atoms with van der Waals surface area (Å²) < 4.78 is 3.57. The van der Waals surface area contributed by atoms with Crippen molar-refractivity contribution >= 4 is 23.1 Å². The third-order valence-corrected chi connectivity index (χ3v) is 3.73. The van der Waals surface area contributed by atoms with Crippen molar-refractivity contribution in [1.29, 1.82) is 0 Å². The number of imidazole rings is 2. The smallest absolute Gasteiger partial charge is 0.280 e. The third kappa shape index (κ3) is 2.28. The molecule has 0 amide bonds. The maximum Gasteiger partial charge on any atom is 0.280 e. The normalized spacial score (nSPS) is 11.2. The van der Waals surface area contributed by atoms with Gasteiger partial charge in [-0.2, -0.15) is 4.98 Å². The molecule has 5 N–H and O–H groups in total. The lowest BCUT2D eigenvalue weighted by atomic mass is 10.2. The summed E-state index contributed by atoms with van der Waals surface area (Å²) in [5.74, 6) is 0.247. The highest BCUT2D eigenvalue weighted by atomic mass is 16.1. The van der Waals surface area contributed by atoms with Crippen molar-refractivity contribution in [3.63, 3.8) is 0 Å². The lowest BCUT2D eigenvalue weighted by molar-refractivity contribution is 0.826. The number of nitrogens with one attached hydrogen (secondary N) is 1.